The largest absolute Gasteiger partial charge is 0.363 e. The Morgan fingerprint density at radius 2 is 2.19 bits per heavy atom. The van der Waals surface area contributed by atoms with Crippen LogP contribution in [0.5, 0.6) is 0 Å². The summed E-state index contributed by atoms with van der Waals surface area (Å²) in [4.78, 5) is 17.6. The van der Waals surface area contributed by atoms with E-state index in [0.717, 1.165) is 43.4 Å². The zero-order valence-electron chi connectivity index (χ0n) is 12.8. The number of nitrogens with zero attached hydrogens (tertiary/aromatic N) is 7. The van der Waals surface area contributed by atoms with Gasteiger partial charge in [0.25, 0.3) is 0 Å². The van der Waals surface area contributed by atoms with Gasteiger partial charge < -0.3 is 9.80 Å². The van der Waals surface area contributed by atoms with Crippen LogP contribution in [-0.4, -0.2) is 51.4 Å². The standard InChI is InChI=1S/C14H21N7/c1-11-7-13(19(2)3)18-14(17-11)21-6-4-5-12(21)8-20-10-15-9-16-20/h7,9-10,12H,4-6,8H2,1-3H3/t12-/m0/s1. The fourth-order valence-electron chi connectivity index (χ4n) is 2.73. The maximum atomic E-state index is 4.69. The number of hydrogen-bond donors (Lipinski definition) is 0. The third-order valence-corrected chi connectivity index (χ3v) is 3.79. The summed E-state index contributed by atoms with van der Waals surface area (Å²) in [6.07, 6.45) is 5.63. The summed E-state index contributed by atoms with van der Waals surface area (Å²) in [5.41, 5.74) is 0.995. The van der Waals surface area contributed by atoms with Crippen LogP contribution >= 0.6 is 0 Å². The lowest BCUT2D eigenvalue weighted by Crippen LogP contribution is -2.34. The highest BCUT2D eigenvalue weighted by Crippen LogP contribution is 2.25. The molecule has 7 nitrogen and oxygen atoms in total. The first-order valence-corrected chi connectivity index (χ1v) is 7.25. The van der Waals surface area contributed by atoms with E-state index in [9.17, 15) is 0 Å². The van der Waals surface area contributed by atoms with E-state index in [4.69, 9.17) is 4.98 Å². The zero-order chi connectivity index (χ0) is 14.8. The molecule has 0 aliphatic carbocycles. The van der Waals surface area contributed by atoms with Gasteiger partial charge in [0.1, 0.15) is 18.5 Å². The Morgan fingerprint density at radius 3 is 2.90 bits per heavy atom. The van der Waals surface area contributed by atoms with Gasteiger partial charge in [0.15, 0.2) is 0 Å². The molecule has 0 saturated carbocycles. The predicted molar refractivity (Wildman–Crippen MR) is 81.5 cm³/mol. The Kier molecular flexibility index (Phi) is 3.72. The highest BCUT2D eigenvalue weighted by atomic mass is 15.4. The monoisotopic (exact) mass is 287 g/mol. The molecule has 0 aromatic carbocycles. The summed E-state index contributed by atoms with van der Waals surface area (Å²) in [6, 6.07) is 2.38. The van der Waals surface area contributed by atoms with Crippen molar-refractivity contribution in [2.24, 2.45) is 0 Å². The van der Waals surface area contributed by atoms with Crippen molar-refractivity contribution in [3.05, 3.63) is 24.4 Å². The molecule has 1 aliphatic rings. The van der Waals surface area contributed by atoms with Gasteiger partial charge in [0, 0.05) is 32.4 Å². The topological polar surface area (TPSA) is 63.0 Å². The molecule has 3 rings (SSSR count). The first-order chi connectivity index (χ1) is 10.1. The molecule has 0 bridgehead atoms. The summed E-state index contributed by atoms with van der Waals surface area (Å²) in [5, 5.41) is 4.20. The quantitative estimate of drug-likeness (QED) is 0.839. The van der Waals surface area contributed by atoms with E-state index in [1.807, 2.05) is 36.7 Å². The van der Waals surface area contributed by atoms with E-state index in [0.29, 0.717) is 6.04 Å². The van der Waals surface area contributed by atoms with Crippen molar-refractivity contribution in [2.75, 3.05) is 30.4 Å². The van der Waals surface area contributed by atoms with Crippen LogP contribution in [0.4, 0.5) is 11.8 Å². The van der Waals surface area contributed by atoms with Crippen LogP contribution in [0.15, 0.2) is 18.7 Å². The molecule has 0 radical (unpaired) electrons. The average molecular weight is 287 g/mol. The first kappa shape index (κ1) is 13.8. The molecular formula is C14H21N7. The SMILES string of the molecule is Cc1cc(N(C)C)nc(N2CCC[C@H]2Cn2cncn2)n1. The van der Waals surface area contributed by atoms with Crippen LogP contribution in [0.1, 0.15) is 18.5 Å². The number of hydrogen-bond acceptors (Lipinski definition) is 6. The molecule has 0 unspecified atom stereocenters. The molecule has 2 aromatic rings. The lowest BCUT2D eigenvalue weighted by molar-refractivity contribution is 0.504. The minimum atomic E-state index is 0.378. The molecule has 0 N–H and O–H groups in total. The van der Waals surface area contributed by atoms with Crippen LogP contribution in [0.25, 0.3) is 0 Å². The molecular weight excluding hydrogens is 266 g/mol. The highest BCUT2D eigenvalue weighted by molar-refractivity contribution is 5.45. The van der Waals surface area contributed by atoms with E-state index in [1.165, 1.54) is 0 Å². The molecule has 1 aliphatic heterocycles. The van der Waals surface area contributed by atoms with Crippen molar-refractivity contribution in [1.29, 1.82) is 0 Å². The third-order valence-electron chi connectivity index (χ3n) is 3.79. The normalized spacial score (nSPS) is 18.2. The van der Waals surface area contributed by atoms with Crippen LogP contribution < -0.4 is 9.80 Å². The van der Waals surface area contributed by atoms with Gasteiger partial charge in [-0.15, -0.1) is 0 Å². The molecule has 0 spiro atoms. The summed E-state index contributed by atoms with van der Waals surface area (Å²) in [6.45, 7) is 3.84. The van der Waals surface area contributed by atoms with Crippen LogP contribution in [0, 0.1) is 6.92 Å². The molecule has 1 atom stereocenters. The Hall–Kier alpha value is -2.18. The maximum absolute atomic E-state index is 4.69. The lowest BCUT2D eigenvalue weighted by Gasteiger charge is -2.25. The van der Waals surface area contributed by atoms with Crippen molar-refractivity contribution < 1.29 is 0 Å². The van der Waals surface area contributed by atoms with E-state index < -0.39 is 0 Å². The second-order valence-electron chi connectivity index (χ2n) is 5.67. The molecule has 0 amide bonds. The van der Waals surface area contributed by atoms with Crippen LogP contribution in [0.2, 0.25) is 0 Å². The van der Waals surface area contributed by atoms with Gasteiger partial charge in [-0.3, -0.25) is 4.68 Å². The van der Waals surface area contributed by atoms with Crippen molar-refractivity contribution in [1.82, 2.24) is 24.7 Å². The summed E-state index contributed by atoms with van der Waals surface area (Å²) >= 11 is 0. The molecule has 3 heterocycles. The molecule has 1 fully saturated rings. The molecule has 1 saturated heterocycles. The fraction of sp³-hybridized carbons (Fsp3) is 0.571. The molecule has 7 heteroatoms. The Balaban J connectivity index is 1.84. The van der Waals surface area contributed by atoms with Crippen LogP contribution in [-0.2, 0) is 6.54 Å². The average Bonchev–Trinajstić information content (AvgIpc) is 3.10. The van der Waals surface area contributed by atoms with Gasteiger partial charge in [-0.05, 0) is 19.8 Å². The van der Waals surface area contributed by atoms with E-state index in [1.54, 1.807) is 12.7 Å². The van der Waals surface area contributed by atoms with Crippen molar-refractivity contribution in [3.8, 4) is 0 Å². The van der Waals surface area contributed by atoms with Gasteiger partial charge >= 0.3 is 0 Å². The zero-order valence-corrected chi connectivity index (χ0v) is 12.8. The summed E-state index contributed by atoms with van der Waals surface area (Å²) in [7, 11) is 4.00. The highest BCUT2D eigenvalue weighted by Gasteiger charge is 2.27. The second-order valence-corrected chi connectivity index (χ2v) is 5.67. The lowest BCUT2D eigenvalue weighted by atomic mass is 10.2. The molecule has 112 valence electrons. The number of aryl methyl sites for hydroxylation is 1. The minimum Gasteiger partial charge on any atom is -0.363 e. The predicted octanol–water partition coefficient (Wildman–Crippen LogP) is 1.11. The van der Waals surface area contributed by atoms with Crippen molar-refractivity contribution in [3.63, 3.8) is 0 Å². The number of anilines is 2. The number of rotatable bonds is 4. The number of aromatic nitrogens is 5. The summed E-state index contributed by atoms with van der Waals surface area (Å²) < 4.78 is 1.88. The Morgan fingerprint density at radius 1 is 1.33 bits per heavy atom. The molecule has 21 heavy (non-hydrogen) atoms. The smallest absolute Gasteiger partial charge is 0.227 e. The minimum absolute atomic E-state index is 0.378. The van der Waals surface area contributed by atoms with E-state index >= 15 is 0 Å². The summed E-state index contributed by atoms with van der Waals surface area (Å²) in [5.74, 6) is 1.77. The third kappa shape index (κ3) is 2.96. The van der Waals surface area contributed by atoms with Gasteiger partial charge in [0.05, 0.1) is 12.6 Å². The van der Waals surface area contributed by atoms with E-state index in [-0.39, 0.29) is 0 Å². The Labute approximate surface area is 124 Å². The molecule has 2 aromatic heterocycles. The van der Waals surface area contributed by atoms with E-state index in [2.05, 4.69) is 20.0 Å². The van der Waals surface area contributed by atoms with Gasteiger partial charge in [-0.1, -0.05) is 0 Å². The second kappa shape index (κ2) is 5.67. The van der Waals surface area contributed by atoms with Crippen LogP contribution in [0.3, 0.4) is 0 Å². The fourth-order valence-corrected chi connectivity index (χ4v) is 2.73. The Bertz CT molecular complexity index is 593. The van der Waals surface area contributed by atoms with Gasteiger partial charge in [0.2, 0.25) is 5.95 Å². The maximum Gasteiger partial charge on any atom is 0.227 e. The van der Waals surface area contributed by atoms with Crippen molar-refractivity contribution >= 4 is 11.8 Å². The van der Waals surface area contributed by atoms with Gasteiger partial charge in [-0.25, -0.2) is 9.97 Å². The van der Waals surface area contributed by atoms with Gasteiger partial charge in [-0.2, -0.15) is 10.1 Å². The van der Waals surface area contributed by atoms with Crippen molar-refractivity contribution in [2.45, 2.75) is 32.4 Å². The first-order valence-electron chi connectivity index (χ1n) is 7.25.